The number of carbonyl (C=O) groups excluding carboxylic acids is 2. The van der Waals surface area contributed by atoms with Crippen LogP contribution >= 0.6 is 0 Å². The van der Waals surface area contributed by atoms with E-state index in [2.05, 4.69) is 55.6 Å². The van der Waals surface area contributed by atoms with Crippen LogP contribution in [0.4, 0.5) is 0 Å². The van der Waals surface area contributed by atoms with Crippen molar-refractivity contribution < 1.29 is 24.5 Å². The summed E-state index contributed by atoms with van der Waals surface area (Å²) in [5.41, 5.74) is 0. The molecule has 0 aliphatic heterocycles. The molecule has 0 spiro atoms. The number of aliphatic hydroxyl groups is 2. The van der Waals surface area contributed by atoms with E-state index < -0.39 is 12.1 Å². The quantitative estimate of drug-likeness (QED) is 0.0320. The molecule has 2 atom stereocenters. The summed E-state index contributed by atoms with van der Waals surface area (Å²) in [5, 5.41) is 23.3. The first-order valence-corrected chi connectivity index (χ1v) is 37.4. The normalized spacial score (nSPS) is 12.8. The second-order valence-electron chi connectivity index (χ2n) is 25.6. The Bertz CT molecular complexity index is 1390. The molecule has 0 aromatic rings. The van der Waals surface area contributed by atoms with Gasteiger partial charge in [0.25, 0.3) is 0 Å². The van der Waals surface area contributed by atoms with Crippen LogP contribution in [-0.2, 0) is 14.3 Å². The molecule has 0 saturated heterocycles. The molecule has 488 valence electrons. The van der Waals surface area contributed by atoms with Gasteiger partial charge in [-0.25, -0.2) is 0 Å². The van der Waals surface area contributed by atoms with Crippen molar-refractivity contribution in [3.8, 4) is 0 Å². The van der Waals surface area contributed by atoms with Crippen molar-refractivity contribution in [3.63, 3.8) is 0 Å². The molecular formula is C77H145NO5. The first-order chi connectivity index (χ1) is 41.0. The lowest BCUT2D eigenvalue weighted by atomic mass is 10.0. The topological polar surface area (TPSA) is 95.9 Å². The number of unbranched alkanes of at least 4 members (excludes halogenated alkanes) is 53. The Hall–Kier alpha value is -2.18. The average molecular weight is 1170 g/mol. The van der Waals surface area contributed by atoms with Gasteiger partial charge >= 0.3 is 5.97 Å². The van der Waals surface area contributed by atoms with Crippen LogP contribution in [0.1, 0.15) is 406 Å². The molecule has 83 heavy (non-hydrogen) atoms. The number of esters is 1. The first kappa shape index (κ1) is 80.8. The molecule has 0 aromatic heterocycles. The molecule has 6 heteroatoms. The minimum atomic E-state index is -0.845. The highest BCUT2D eigenvalue weighted by atomic mass is 16.5. The summed E-state index contributed by atoms with van der Waals surface area (Å²) in [6.07, 6.45) is 94.9. The number of hydrogen-bond donors (Lipinski definition) is 3. The smallest absolute Gasteiger partial charge is 0.305 e. The van der Waals surface area contributed by atoms with Gasteiger partial charge in [-0.1, -0.05) is 351 Å². The number of ether oxygens (including phenoxy) is 1. The van der Waals surface area contributed by atoms with Gasteiger partial charge in [-0.05, 0) is 89.9 Å². The van der Waals surface area contributed by atoms with Crippen LogP contribution in [-0.4, -0.2) is 47.4 Å². The Balaban J connectivity index is 3.40. The van der Waals surface area contributed by atoms with E-state index in [1.54, 1.807) is 6.08 Å². The Morgan fingerprint density at radius 1 is 0.337 bits per heavy atom. The summed E-state index contributed by atoms with van der Waals surface area (Å²) in [5.74, 6) is -0.0551. The minimum Gasteiger partial charge on any atom is -0.466 e. The largest absolute Gasteiger partial charge is 0.466 e. The maximum atomic E-state index is 12.5. The molecule has 0 saturated carbocycles. The van der Waals surface area contributed by atoms with Gasteiger partial charge in [0.15, 0.2) is 0 Å². The number of amides is 1. The highest BCUT2D eigenvalue weighted by Crippen LogP contribution is 2.19. The van der Waals surface area contributed by atoms with Gasteiger partial charge in [0.2, 0.25) is 5.91 Å². The predicted octanol–water partition coefficient (Wildman–Crippen LogP) is 24.4. The third kappa shape index (κ3) is 68.8. The molecule has 0 aromatic carbocycles. The second kappa shape index (κ2) is 72.3. The van der Waals surface area contributed by atoms with Crippen LogP contribution in [0, 0.1) is 0 Å². The first-order valence-electron chi connectivity index (χ1n) is 37.4. The van der Waals surface area contributed by atoms with E-state index in [0.29, 0.717) is 19.4 Å². The van der Waals surface area contributed by atoms with Gasteiger partial charge in [-0.15, -0.1) is 0 Å². The van der Waals surface area contributed by atoms with Crippen LogP contribution in [0.15, 0.2) is 48.6 Å². The molecule has 2 unspecified atom stereocenters. The number of hydrogen-bond acceptors (Lipinski definition) is 5. The van der Waals surface area contributed by atoms with Gasteiger partial charge in [-0.3, -0.25) is 9.59 Å². The zero-order chi connectivity index (χ0) is 59.9. The number of aliphatic hydroxyl groups excluding tert-OH is 2. The molecule has 0 fully saturated rings. The summed E-state index contributed by atoms with van der Waals surface area (Å²) >= 11 is 0. The summed E-state index contributed by atoms with van der Waals surface area (Å²) < 4.78 is 5.50. The second-order valence-corrected chi connectivity index (χ2v) is 25.6. The lowest BCUT2D eigenvalue weighted by Crippen LogP contribution is -2.45. The van der Waals surface area contributed by atoms with Crippen molar-refractivity contribution in [2.45, 2.75) is 418 Å². The zero-order valence-electron chi connectivity index (χ0n) is 55.9. The number of carbonyl (C=O) groups is 2. The fraction of sp³-hybridized carbons (Fsp3) is 0.870. The van der Waals surface area contributed by atoms with Crippen molar-refractivity contribution >= 4 is 11.9 Å². The third-order valence-electron chi connectivity index (χ3n) is 17.3. The monoisotopic (exact) mass is 1160 g/mol. The molecule has 0 rings (SSSR count). The van der Waals surface area contributed by atoms with Crippen molar-refractivity contribution in [1.29, 1.82) is 0 Å². The average Bonchev–Trinajstić information content (AvgIpc) is 3.48. The summed E-state index contributed by atoms with van der Waals surface area (Å²) in [6, 6.07) is -0.629. The molecule has 0 aliphatic rings. The number of rotatable bonds is 70. The van der Waals surface area contributed by atoms with E-state index in [0.717, 1.165) is 51.4 Å². The lowest BCUT2D eigenvalue weighted by molar-refractivity contribution is -0.143. The molecular weight excluding hydrogens is 1020 g/mol. The molecule has 0 aliphatic carbocycles. The number of nitrogens with one attached hydrogen (secondary N) is 1. The molecule has 1 amide bonds. The summed E-state index contributed by atoms with van der Waals surface area (Å²) in [6.45, 7) is 4.91. The maximum absolute atomic E-state index is 12.5. The Labute approximate surface area is 518 Å². The molecule has 0 bridgehead atoms. The van der Waals surface area contributed by atoms with Crippen LogP contribution in [0.2, 0.25) is 0 Å². The van der Waals surface area contributed by atoms with Gasteiger partial charge in [0.05, 0.1) is 25.4 Å². The van der Waals surface area contributed by atoms with E-state index in [1.165, 1.54) is 327 Å². The van der Waals surface area contributed by atoms with Crippen molar-refractivity contribution in [3.05, 3.63) is 48.6 Å². The van der Waals surface area contributed by atoms with E-state index in [9.17, 15) is 19.8 Å². The molecule has 3 N–H and O–H groups in total. The van der Waals surface area contributed by atoms with Crippen molar-refractivity contribution in [2.75, 3.05) is 13.2 Å². The SMILES string of the molecule is CCCCC/C=C\C/C=C\CCCCCCCCCC(=O)OCCCCCCCCCCCCCC/C=C\CCCCCCCCCCCCCCCC(=O)NC(CO)C(O)/C=C/CCCCCCCCCCCCCCCCCCCC. The Morgan fingerprint density at radius 3 is 0.952 bits per heavy atom. The van der Waals surface area contributed by atoms with Crippen LogP contribution in [0.5, 0.6) is 0 Å². The predicted molar refractivity (Wildman–Crippen MR) is 366 cm³/mol. The summed E-state index contributed by atoms with van der Waals surface area (Å²) in [4.78, 5) is 24.6. The van der Waals surface area contributed by atoms with Crippen LogP contribution in [0.3, 0.4) is 0 Å². The van der Waals surface area contributed by atoms with Crippen molar-refractivity contribution in [2.24, 2.45) is 0 Å². The van der Waals surface area contributed by atoms with Gasteiger partial charge in [-0.2, -0.15) is 0 Å². The third-order valence-corrected chi connectivity index (χ3v) is 17.3. The maximum Gasteiger partial charge on any atom is 0.305 e. The molecule has 0 heterocycles. The highest BCUT2D eigenvalue weighted by Gasteiger charge is 2.18. The molecule has 6 nitrogen and oxygen atoms in total. The minimum absolute atomic E-state index is 0.00872. The van der Waals surface area contributed by atoms with Crippen LogP contribution in [0.25, 0.3) is 0 Å². The van der Waals surface area contributed by atoms with E-state index in [1.807, 2.05) is 6.08 Å². The standard InChI is InChI=1S/C77H145NO5/c1-3-5-7-9-11-13-15-17-19-21-22-34-38-41-45-49-53-57-61-65-69-75(80)74(73-79)78-76(81)70-66-62-58-54-50-46-42-39-35-32-30-28-26-24-23-25-27-29-31-33-36-40-44-48-52-56-60-64-68-72-83-77(82)71-67-63-59-55-51-47-43-37-20-18-16-14-12-10-8-6-4-2/h12,14,18,20,23,25,65,69,74-75,79-80H,3-11,13,15-17,19,21-22,24,26-64,66-68,70-73H2,1-2H3,(H,78,81)/b14-12-,20-18-,25-23-,69-65+. The van der Waals surface area contributed by atoms with Gasteiger partial charge in [0, 0.05) is 12.8 Å². The zero-order valence-corrected chi connectivity index (χ0v) is 55.9. The Kier molecular flexibility index (Phi) is 70.4. The van der Waals surface area contributed by atoms with Crippen LogP contribution < -0.4 is 5.32 Å². The number of allylic oxidation sites excluding steroid dienone is 7. The Morgan fingerprint density at radius 2 is 0.602 bits per heavy atom. The highest BCUT2D eigenvalue weighted by molar-refractivity contribution is 5.76. The van der Waals surface area contributed by atoms with E-state index >= 15 is 0 Å². The fourth-order valence-electron chi connectivity index (χ4n) is 11.6. The molecule has 0 radical (unpaired) electrons. The van der Waals surface area contributed by atoms with E-state index in [4.69, 9.17) is 4.74 Å². The van der Waals surface area contributed by atoms with Gasteiger partial charge in [0.1, 0.15) is 0 Å². The lowest BCUT2D eigenvalue weighted by Gasteiger charge is -2.20. The van der Waals surface area contributed by atoms with Gasteiger partial charge < -0.3 is 20.3 Å². The van der Waals surface area contributed by atoms with E-state index in [-0.39, 0.29) is 18.5 Å². The fourth-order valence-corrected chi connectivity index (χ4v) is 11.6. The van der Waals surface area contributed by atoms with Crippen molar-refractivity contribution in [1.82, 2.24) is 5.32 Å². The summed E-state index contributed by atoms with van der Waals surface area (Å²) in [7, 11) is 0.